The van der Waals surface area contributed by atoms with Gasteiger partial charge in [0.2, 0.25) is 5.91 Å². The second-order valence-corrected chi connectivity index (χ2v) is 4.88. The van der Waals surface area contributed by atoms with Crippen LogP contribution in [0, 0.1) is 6.92 Å². The number of likely N-dealkylation sites (tertiary alicyclic amines) is 1. The molecule has 2 rings (SSSR count). The molecule has 0 aliphatic carbocycles. The number of ketones is 1. The van der Waals surface area contributed by atoms with Crippen molar-refractivity contribution in [1.82, 2.24) is 4.90 Å². The number of hydrogen-bond donors (Lipinski definition) is 0. The molecule has 1 aromatic carbocycles. The number of piperidine rings is 1. The van der Waals surface area contributed by atoms with E-state index in [2.05, 4.69) is 19.1 Å². The first-order valence-electron chi connectivity index (χ1n) is 6.51. The predicted molar refractivity (Wildman–Crippen MR) is 70.3 cm³/mol. The Kier molecular flexibility index (Phi) is 4.13. The van der Waals surface area contributed by atoms with Crippen LogP contribution in [0.2, 0.25) is 0 Å². The fourth-order valence-electron chi connectivity index (χ4n) is 2.34. The number of Topliss-reactive ketones (excluding diaryl/α,β-unsaturated/α-hetero) is 1. The largest absolute Gasteiger partial charge is 0.335 e. The van der Waals surface area contributed by atoms with Crippen molar-refractivity contribution >= 4 is 11.7 Å². The van der Waals surface area contributed by atoms with Gasteiger partial charge in [0, 0.05) is 19.4 Å². The molecule has 0 spiro atoms. The second kappa shape index (κ2) is 5.80. The number of carbonyl (C=O) groups excluding carboxylic acids is 2. The van der Waals surface area contributed by atoms with Crippen molar-refractivity contribution in [1.29, 1.82) is 0 Å². The highest BCUT2D eigenvalue weighted by Gasteiger charge is 2.20. The lowest BCUT2D eigenvalue weighted by Crippen LogP contribution is -2.40. The van der Waals surface area contributed by atoms with Gasteiger partial charge in [-0.2, -0.15) is 0 Å². The molecule has 1 aliphatic heterocycles. The van der Waals surface area contributed by atoms with Crippen LogP contribution >= 0.6 is 0 Å². The lowest BCUT2D eigenvalue weighted by molar-refractivity contribution is -0.137. The van der Waals surface area contributed by atoms with E-state index in [1.165, 1.54) is 11.1 Å². The Morgan fingerprint density at radius 2 is 2.11 bits per heavy atom. The molecule has 1 amide bonds. The minimum absolute atomic E-state index is 0.103. The Bertz CT molecular complexity index is 454. The molecule has 0 N–H and O–H groups in total. The van der Waals surface area contributed by atoms with Gasteiger partial charge in [-0.05, 0) is 30.9 Å². The lowest BCUT2D eigenvalue weighted by atomic mass is 10.0. The molecule has 1 fully saturated rings. The fourth-order valence-corrected chi connectivity index (χ4v) is 2.34. The Labute approximate surface area is 108 Å². The van der Waals surface area contributed by atoms with Crippen molar-refractivity contribution in [2.45, 2.75) is 32.6 Å². The third-order valence-electron chi connectivity index (χ3n) is 3.47. The zero-order chi connectivity index (χ0) is 13.0. The average Bonchev–Trinajstić information content (AvgIpc) is 2.37. The van der Waals surface area contributed by atoms with E-state index in [1.54, 1.807) is 4.90 Å². The summed E-state index contributed by atoms with van der Waals surface area (Å²) >= 11 is 0. The summed E-state index contributed by atoms with van der Waals surface area (Å²) in [6.07, 6.45) is 2.70. The number of nitrogens with zero attached hydrogens (tertiary/aromatic N) is 1. The molecule has 0 unspecified atom stereocenters. The van der Waals surface area contributed by atoms with Gasteiger partial charge in [0.05, 0.1) is 6.54 Å². The van der Waals surface area contributed by atoms with Crippen LogP contribution in [0.5, 0.6) is 0 Å². The summed E-state index contributed by atoms with van der Waals surface area (Å²) in [6.45, 7) is 3.11. The summed E-state index contributed by atoms with van der Waals surface area (Å²) < 4.78 is 0. The van der Waals surface area contributed by atoms with Gasteiger partial charge in [-0.3, -0.25) is 9.59 Å². The van der Waals surface area contributed by atoms with E-state index in [-0.39, 0.29) is 11.7 Å². The van der Waals surface area contributed by atoms with Crippen molar-refractivity contribution in [2.24, 2.45) is 0 Å². The fraction of sp³-hybridized carbons (Fsp3) is 0.467. The molecule has 18 heavy (non-hydrogen) atoms. The second-order valence-electron chi connectivity index (χ2n) is 4.88. The van der Waals surface area contributed by atoms with E-state index >= 15 is 0 Å². The molecule has 3 nitrogen and oxygen atoms in total. The maximum absolute atomic E-state index is 12.0. The van der Waals surface area contributed by atoms with Crippen molar-refractivity contribution < 1.29 is 9.59 Å². The van der Waals surface area contributed by atoms with Gasteiger partial charge in [0.15, 0.2) is 5.78 Å². The Balaban J connectivity index is 1.88. The zero-order valence-electron chi connectivity index (χ0n) is 10.8. The van der Waals surface area contributed by atoms with E-state index in [1.807, 2.05) is 12.1 Å². The SMILES string of the molecule is Cc1ccccc1CCC(=O)N1CCCC(=O)C1. The van der Waals surface area contributed by atoms with Gasteiger partial charge in [-0.25, -0.2) is 0 Å². The normalized spacial score (nSPS) is 15.8. The van der Waals surface area contributed by atoms with E-state index in [0.717, 1.165) is 19.4 Å². The number of carbonyl (C=O) groups is 2. The van der Waals surface area contributed by atoms with Crippen LogP contribution in [0.25, 0.3) is 0 Å². The highest BCUT2D eigenvalue weighted by molar-refractivity contribution is 5.87. The van der Waals surface area contributed by atoms with Gasteiger partial charge in [0.25, 0.3) is 0 Å². The highest BCUT2D eigenvalue weighted by atomic mass is 16.2. The number of aryl methyl sites for hydroxylation is 2. The van der Waals surface area contributed by atoms with Gasteiger partial charge < -0.3 is 4.90 Å². The quantitative estimate of drug-likeness (QED) is 0.818. The van der Waals surface area contributed by atoms with Crippen molar-refractivity contribution in [3.63, 3.8) is 0 Å². The Hall–Kier alpha value is -1.64. The summed E-state index contributed by atoms with van der Waals surface area (Å²) in [4.78, 5) is 25.0. The standard InChI is InChI=1S/C15H19NO2/c1-12-5-2-3-6-13(12)8-9-15(18)16-10-4-7-14(17)11-16/h2-3,5-6H,4,7-11H2,1H3. The number of hydrogen-bond acceptors (Lipinski definition) is 2. The van der Waals surface area contributed by atoms with Crippen LogP contribution in [0.15, 0.2) is 24.3 Å². The monoisotopic (exact) mass is 245 g/mol. The van der Waals surface area contributed by atoms with Crippen LogP contribution < -0.4 is 0 Å². The van der Waals surface area contributed by atoms with Crippen LogP contribution in [0.4, 0.5) is 0 Å². The van der Waals surface area contributed by atoms with E-state index in [0.29, 0.717) is 19.4 Å². The molecule has 1 aromatic rings. The minimum Gasteiger partial charge on any atom is -0.335 e. The smallest absolute Gasteiger partial charge is 0.223 e. The van der Waals surface area contributed by atoms with E-state index in [4.69, 9.17) is 0 Å². The first-order chi connectivity index (χ1) is 8.66. The molecule has 1 aliphatic rings. The predicted octanol–water partition coefficient (Wildman–Crippen LogP) is 2.12. The summed E-state index contributed by atoms with van der Waals surface area (Å²) in [5.41, 5.74) is 2.44. The topological polar surface area (TPSA) is 37.4 Å². The Morgan fingerprint density at radius 3 is 2.83 bits per heavy atom. The van der Waals surface area contributed by atoms with Gasteiger partial charge >= 0.3 is 0 Å². The number of benzene rings is 1. The van der Waals surface area contributed by atoms with Gasteiger partial charge in [-0.15, -0.1) is 0 Å². The van der Waals surface area contributed by atoms with Crippen molar-refractivity contribution in [3.8, 4) is 0 Å². The molecular formula is C15H19NO2. The van der Waals surface area contributed by atoms with Gasteiger partial charge in [-0.1, -0.05) is 24.3 Å². The molecule has 96 valence electrons. The van der Waals surface area contributed by atoms with Crippen LogP contribution in [-0.2, 0) is 16.0 Å². The first kappa shape index (κ1) is 12.8. The van der Waals surface area contributed by atoms with Crippen LogP contribution in [0.3, 0.4) is 0 Å². The van der Waals surface area contributed by atoms with Crippen molar-refractivity contribution in [3.05, 3.63) is 35.4 Å². The highest BCUT2D eigenvalue weighted by Crippen LogP contribution is 2.12. The third-order valence-corrected chi connectivity index (χ3v) is 3.47. The molecule has 0 aromatic heterocycles. The van der Waals surface area contributed by atoms with Crippen molar-refractivity contribution in [2.75, 3.05) is 13.1 Å². The number of amides is 1. The maximum Gasteiger partial charge on any atom is 0.223 e. The summed E-state index contributed by atoms with van der Waals surface area (Å²) in [7, 11) is 0. The van der Waals surface area contributed by atoms with Gasteiger partial charge in [0.1, 0.15) is 0 Å². The van der Waals surface area contributed by atoms with E-state index < -0.39 is 0 Å². The lowest BCUT2D eigenvalue weighted by Gasteiger charge is -2.25. The summed E-state index contributed by atoms with van der Waals surface area (Å²) in [6, 6.07) is 8.12. The molecular weight excluding hydrogens is 226 g/mol. The minimum atomic E-state index is 0.103. The zero-order valence-corrected chi connectivity index (χ0v) is 10.8. The molecule has 1 saturated heterocycles. The molecule has 0 bridgehead atoms. The average molecular weight is 245 g/mol. The molecule has 0 radical (unpaired) electrons. The molecule has 0 saturated carbocycles. The van der Waals surface area contributed by atoms with E-state index in [9.17, 15) is 9.59 Å². The maximum atomic E-state index is 12.0. The molecule has 3 heteroatoms. The molecule has 1 heterocycles. The van der Waals surface area contributed by atoms with Crippen LogP contribution in [0.1, 0.15) is 30.4 Å². The summed E-state index contributed by atoms with van der Waals surface area (Å²) in [5.74, 6) is 0.289. The Morgan fingerprint density at radius 1 is 1.33 bits per heavy atom. The number of rotatable bonds is 3. The molecule has 0 atom stereocenters. The third kappa shape index (κ3) is 3.19. The summed E-state index contributed by atoms with van der Waals surface area (Å²) in [5, 5.41) is 0. The first-order valence-corrected chi connectivity index (χ1v) is 6.51. The van der Waals surface area contributed by atoms with Crippen LogP contribution in [-0.4, -0.2) is 29.7 Å².